The first-order valence-electron chi connectivity index (χ1n) is 8.65. The first-order chi connectivity index (χ1) is 9.09. The third-order valence-corrected chi connectivity index (χ3v) is 6.75. The van der Waals surface area contributed by atoms with E-state index in [2.05, 4.69) is 20.9 Å². The van der Waals surface area contributed by atoms with Gasteiger partial charge in [0.15, 0.2) is 0 Å². The average Bonchev–Trinajstić information content (AvgIpc) is 2.87. The zero-order valence-corrected chi connectivity index (χ0v) is 13.3. The molecular weight excluding hydrogens is 230 g/mol. The highest BCUT2D eigenvalue weighted by Crippen LogP contribution is 2.51. The van der Waals surface area contributed by atoms with Gasteiger partial charge in [-0.05, 0) is 44.6 Å². The predicted molar refractivity (Wildman–Crippen MR) is 82.1 cm³/mol. The number of hydrogen-bond donors (Lipinski definition) is 0. The van der Waals surface area contributed by atoms with Crippen molar-refractivity contribution in [1.82, 2.24) is 0 Å². The second kappa shape index (κ2) is 4.91. The summed E-state index contributed by atoms with van der Waals surface area (Å²) in [6.45, 7) is 7.80. The van der Waals surface area contributed by atoms with Crippen LogP contribution >= 0.6 is 0 Å². The summed E-state index contributed by atoms with van der Waals surface area (Å²) in [7, 11) is 2.57. The topological polar surface area (TPSA) is 0 Å². The van der Waals surface area contributed by atoms with Gasteiger partial charge in [0.1, 0.15) is 5.54 Å². The summed E-state index contributed by atoms with van der Waals surface area (Å²) in [5, 5.41) is 0. The van der Waals surface area contributed by atoms with Gasteiger partial charge in [0, 0.05) is 18.8 Å². The van der Waals surface area contributed by atoms with Gasteiger partial charge in [-0.15, -0.1) is 0 Å². The van der Waals surface area contributed by atoms with Crippen LogP contribution in [-0.2, 0) is 0 Å². The van der Waals surface area contributed by atoms with Gasteiger partial charge in [-0.1, -0.05) is 25.3 Å². The molecule has 19 heavy (non-hydrogen) atoms. The Kier molecular flexibility index (Phi) is 3.53. The minimum atomic E-state index is 0.507. The van der Waals surface area contributed by atoms with Gasteiger partial charge in [0.25, 0.3) is 0 Å². The molecule has 1 aliphatic carbocycles. The van der Waals surface area contributed by atoms with E-state index in [4.69, 9.17) is 0 Å². The second-order valence-electron chi connectivity index (χ2n) is 7.81. The van der Waals surface area contributed by atoms with Crippen LogP contribution in [0.25, 0.3) is 0 Å². The van der Waals surface area contributed by atoms with Crippen molar-refractivity contribution >= 4 is 0 Å². The molecule has 0 radical (unpaired) electrons. The summed E-state index contributed by atoms with van der Waals surface area (Å²) in [4.78, 5) is 0. The molecule has 1 saturated heterocycles. The Balaban J connectivity index is 1.81. The molecule has 1 heteroatoms. The van der Waals surface area contributed by atoms with Gasteiger partial charge in [-0.3, -0.25) is 0 Å². The first-order valence-corrected chi connectivity index (χ1v) is 8.65. The van der Waals surface area contributed by atoms with Crippen molar-refractivity contribution in [1.29, 1.82) is 0 Å². The van der Waals surface area contributed by atoms with Crippen molar-refractivity contribution in [3.63, 3.8) is 0 Å². The van der Waals surface area contributed by atoms with Gasteiger partial charge >= 0.3 is 0 Å². The van der Waals surface area contributed by atoms with Crippen molar-refractivity contribution in [2.75, 3.05) is 20.1 Å². The van der Waals surface area contributed by atoms with Gasteiger partial charge in [-0.2, -0.15) is 0 Å². The van der Waals surface area contributed by atoms with E-state index >= 15 is 0 Å². The van der Waals surface area contributed by atoms with E-state index in [-0.39, 0.29) is 0 Å². The number of unbranched alkanes of at least 4 members (excludes halogenated alkanes) is 1. The molecule has 3 atom stereocenters. The maximum atomic E-state index is 2.60. The minimum Gasteiger partial charge on any atom is -0.317 e. The molecule has 2 heterocycles. The SMILES string of the molecule is CCCC[C@H]1CC[C@]2(C)C3=C(CCC3)CC[N@@+]2(C)C1. The summed E-state index contributed by atoms with van der Waals surface area (Å²) < 4.78 is 1.36. The molecule has 0 N–H and O–H groups in total. The molecule has 3 rings (SSSR count). The molecule has 0 bridgehead atoms. The van der Waals surface area contributed by atoms with E-state index in [1.165, 1.54) is 75.4 Å². The normalized spacial score (nSPS) is 42.2. The van der Waals surface area contributed by atoms with Gasteiger partial charge in [0.2, 0.25) is 0 Å². The molecule has 0 amide bonds. The lowest BCUT2D eigenvalue weighted by atomic mass is 9.71. The van der Waals surface area contributed by atoms with E-state index in [1.54, 1.807) is 0 Å². The summed E-state index contributed by atoms with van der Waals surface area (Å²) in [5.41, 5.74) is 4.27. The zero-order chi connectivity index (χ0) is 13.5. The van der Waals surface area contributed by atoms with Crippen LogP contribution in [0.5, 0.6) is 0 Å². The molecule has 0 aromatic carbocycles. The van der Waals surface area contributed by atoms with Gasteiger partial charge in [0.05, 0.1) is 20.1 Å². The number of nitrogens with zero attached hydrogens (tertiary/aromatic N) is 1. The van der Waals surface area contributed by atoms with Gasteiger partial charge in [-0.25, -0.2) is 0 Å². The van der Waals surface area contributed by atoms with Gasteiger partial charge < -0.3 is 4.48 Å². The Morgan fingerprint density at radius 3 is 2.89 bits per heavy atom. The number of rotatable bonds is 3. The lowest BCUT2D eigenvalue weighted by molar-refractivity contribution is -0.961. The summed E-state index contributed by atoms with van der Waals surface area (Å²) in [5.74, 6) is 1.00. The lowest BCUT2D eigenvalue weighted by Gasteiger charge is -2.57. The third-order valence-electron chi connectivity index (χ3n) is 6.75. The van der Waals surface area contributed by atoms with Crippen LogP contribution in [-0.4, -0.2) is 30.2 Å². The Hall–Kier alpha value is -0.300. The average molecular weight is 262 g/mol. The molecule has 0 aromatic rings. The van der Waals surface area contributed by atoms with Crippen LogP contribution in [0.4, 0.5) is 0 Å². The van der Waals surface area contributed by atoms with Crippen molar-refractivity contribution in [2.24, 2.45) is 5.92 Å². The van der Waals surface area contributed by atoms with Crippen LogP contribution in [0.15, 0.2) is 11.1 Å². The fraction of sp³-hybridized carbons (Fsp3) is 0.889. The summed E-state index contributed by atoms with van der Waals surface area (Å²) in [6.07, 6.45) is 12.9. The summed E-state index contributed by atoms with van der Waals surface area (Å²) >= 11 is 0. The van der Waals surface area contributed by atoms with Crippen LogP contribution in [0.2, 0.25) is 0 Å². The number of likely N-dealkylation sites (N-methyl/N-ethyl adjacent to an activating group) is 1. The lowest BCUT2D eigenvalue weighted by Crippen LogP contribution is -2.67. The molecule has 1 fully saturated rings. The highest BCUT2D eigenvalue weighted by atomic mass is 15.4. The molecular formula is C18H32N+. The Morgan fingerprint density at radius 2 is 2.11 bits per heavy atom. The maximum absolute atomic E-state index is 2.60. The van der Waals surface area contributed by atoms with E-state index in [0.717, 1.165) is 5.92 Å². The second-order valence-corrected chi connectivity index (χ2v) is 7.81. The fourth-order valence-corrected chi connectivity index (χ4v) is 5.27. The van der Waals surface area contributed by atoms with E-state index < -0.39 is 0 Å². The highest BCUT2D eigenvalue weighted by Gasteiger charge is 2.54. The Bertz CT molecular complexity index is 383. The fourth-order valence-electron chi connectivity index (χ4n) is 5.27. The maximum Gasteiger partial charge on any atom is 0.118 e. The van der Waals surface area contributed by atoms with Crippen LogP contribution in [0.1, 0.15) is 71.6 Å². The predicted octanol–water partition coefficient (Wildman–Crippen LogP) is 4.68. The smallest absolute Gasteiger partial charge is 0.118 e. The summed E-state index contributed by atoms with van der Waals surface area (Å²) in [6, 6.07) is 0. The first kappa shape index (κ1) is 13.7. The number of quaternary nitrogens is 1. The zero-order valence-electron chi connectivity index (χ0n) is 13.3. The number of piperidine rings is 1. The minimum absolute atomic E-state index is 0.507. The van der Waals surface area contributed by atoms with Crippen molar-refractivity contribution in [3.8, 4) is 0 Å². The van der Waals surface area contributed by atoms with Crippen LogP contribution in [0, 0.1) is 5.92 Å². The molecule has 3 aliphatic rings. The Labute approximate surface area is 119 Å². The highest BCUT2D eigenvalue weighted by molar-refractivity contribution is 5.30. The van der Waals surface area contributed by atoms with E-state index in [0.29, 0.717) is 5.54 Å². The molecule has 0 unspecified atom stereocenters. The van der Waals surface area contributed by atoms with Crippen molar-refractivity contribution in [2.45, 2.75) is 77.2 Å². The quantitative estimate of drug-likeness (QED) is 0.512. The van der Waals surface area contributed by atoms with Crippen molar-refractivity contribution < 1.29 is 4.48 Å². The standard InChI is InChI=1S/C18H32N/c1-4-5-7-15-10-12-18(2)17-9-6-8-16(17)11-13-19(18,3)14-15/h15H,4-14H2,1-3H3/q+1/t15-,18+,19-/m0/s1. The molecule has 2 aliphatic heterocycles. The van der Waals surface area contributed by atoms with Crippen molar-refractivity contribution in [3.05, 3.63) is 11.1 Å². The number of fused-ring (bicyclic) bond motifs is 2. The molecule has 0 saturated carbocycles. The Morgan fingerprint density at radius 1 is 1.26 bits per heavy atom. The number of hydrogen-bond acceptors (Lipinski definition) is 0. The van der Waals surface area contributed by atoms with E-state index in [1.807, 2.05) is 11.1 Å². The van der Waals surface area contributed by atoms with Crippen LogP contribution in [0.3, 0.4) is 0 Å². The molecule has 0 aromatic heterocycles. The molecule has 1 nitrogen and oxygen atoms in total. The largest absolute Gasteiger partial charge is 0.317 e. The monoisotopic (exact) mass is 262 g/mol. The third kappa shape index (κ3) is 2.09. The molecule has 108 valence electrons. The van der Waals surface area contributed by atoms with Crippen LogP contribution < -0.4 is 0 Å². The van der Waals surface area contributed by atoms with E-state index in [9.17, 15) is 0 Å². The molecule has 0 spiro atoms.